The van der Waals surface area contributed by atoms with Crippen LogP contribution in [0.2, 0.25) is 20.1 Å². The van der Waals surface area contributed by atoms with Gasteiger partial charge in [0, 0.05) is 189 Å². The molecule has 7 atom stereocenters. The van der Waals surface area contributed by atoms with E-state index >= 15 is 0 Å². The van der Waals surface area contributed by atoms with Crippen molar-refractivity contribution in [1.29, 1.82) is 0 Å². The predicted octanol–water partition coefficient (Wildman–Crippen LogP) is 22.9. The van der Waals surface area contributed by atoms with Crippen LogP contribution in [0.25, 0.3) is 43.6 Å². The van der Waals surface area contributed by atoms with E-state index in [2.05, 4.69) is 136 Å². The average molecular weight is 2020 g/mol. The van der Waals surface area contributed by atoms with Crippen molar-refractivity contribution in [2.75, 3.05) is 179 Å². The largest absolute Gasteiger partial charge is 0.494 e. The van der Waals surface area contributed by atoms with E-state index in [9.17, 15) is 19.2 Å². The number of hydrogen-bond acceptors (Lipinski definition) is 17. The molecule has 0 saturated carbocycles. The first-order valence-electron chi connectivity index (χ1n) is 51.0. The standard InChI is InChI=1S/C30H38ClN3O3.C29H32ClN3O3.C28H35ClN4O3.C27H32ClN3O3/c1-30(2,3)19-37-29(35)34-15-13-24-25-16-22(31)9-12-26(25)32-27(24)28(34)21-7-10-23(11-8-21)36-18-20-6-5-14-33(4)17-20;1-3-4-16-35-29(34)33-15-13-24-25-17-22(30)9-12-26(25)31-27(24)28(33)21-7-10-23(11-8-21)36-19-20-6-5-14-32(2)18-20;1-3-35-28(34)33-13-11-23-24-19-21(29)7-10-25(24)30-26(23)27(33)20-5-8-22(9-6-20)36-18-4-12-32-16-14-31(2)15-17-32;1-3-33-27(32)31-14-12-22-23-15-20(28)8-11-24(23)29-25(22)26(31)19-6-9-21(10-7-19)34-17-18-5-4-13-30(2)16-18/h7-12,16,20,28,32H,5-6,13-15,17-19H2,1-4H3;1,7-12,17,20,28,31H,4-6,13-16,18-19H2,2H3;5-10,19,27,30H,3-4,11-18H2,1-2H3;6-11,15,18,26,29H,3-5,12-14,16-17H2,1-2H3. The lowest BCUT2D eigenvalue weighted by atomic mass is 9.92. The van der Waals surface area contributed by atoms with Crippen LogP contribution in [-0.4, -0.2) is 268 Å². The lowest BCUT2D eigenvalue weighted by Crippen LogP contribution is -2.44. The van der Waals surface area contributed by atoms with Crippen LogP contribution >= 0.6 is 46.4 Å². The van der Waals surface area contributed by atoms with E-state index in [1.165, 1.54) is 73.9 Å². The quantitative estimate of drug-likeness (QED) is 0.0265. The summed E-state index contributed by atoms with van der Waals surface area (Å²) in [6, 6.07) is 55.0. The maximum Gasteiger partial charge on any atom is 0.410 e. The molecule has 0 aliphatic carbocycles. The van der Waals surface area contributed by atoms with Gasteiger partial charge in [0.1, 0.15) is 53.8 Å². The third-order valence-corrected chi connectivity index (χ3v) is 29.8. The molecule has 4 fully saturated rings. The average Bonchev–Trinajstić information content (AvgIpc) is 1.62. The number of ether oxygens (including phenoxy) is 8. The number of carbonyl (C=O) groups excluding carboxylic acids is 4. The monoisotopic (exact) mass is 2020 g/mol. The van der Waals surface area contributed by atoms with Crippen LogP contribution in [-0.2, 0) is 44.6 Å². The summed E-state index contributed by atoms with van der Waals surface area (Å²) >= 11 is 25.2. The molecule has 0 spiro atoms. The fraction of sp³-hybridized carbons (Fsp3) is 0.456. The number of H-pyrrole nitrogens is 4. The number of piperidine rings is 3. The Kier molecular flexibility index (Phi) is 34.4. The summed E-state index contributed by atoms with van der Waals surface area (Å²) in [5, 5.41) is 7.28. The summed E-state index contributed by atoms with van der Waals surface area (Å²) in [6.07, 6.45) is 15.8. The first kappa shape index (κ1) is 103. The molecular formula is C114H137Cl4N13O12. The molecule has 8 aliphatic rings. The van der Waals surface area contributed by atoms with Crippen LogP contribution in [0.1, 0.15) is 177 Å². The van der Waals surface area contributed by atoms with Crippen molar-refractivity contribution in [1.82, 2.24) is 64.0 Å². The first-order chi connectivity index (χ1) is 69.3. The number of rotatable bonds is 23. The number of likely N-dealkylation sites (N-methyl/N-ethyl adjacent to an activating group) is 1. The second kappa shape index (κ2) is 47.7. The molecule has 20 rings (SSSR count). The molecule has 4 N–H and O–H groups in total. The van der Waals surface area contributed by atoms with Gasteiger partial charge in [0.25, 0.3) is 0 Å². The highest BCUT2D eigenvalue weighted by molar-refractivity contribution is 6.32. The maximum atomic E-state index is 13.3. The Morgan fingerprint density at radius 1 is 0.371 bits per heavy atom. The van der Waals surface area contributed by atoms with Crippen LogP contribution < -0.4 is 18.9 Å². The number of amides is 4. The van der Waals surface area contributed by atoms with Gasteiger partial charge >= 0.3 is 24.4 Å². The molecule has 758 valence electrons. The summed E-state index contributed by atoms with van der Waals surface area (Å²) in [7, 11) is 8.70. The van der Waals surface area contributed by atoms with Gasteiger partial charge in [-0.05, 0) is 304 Å². The number of aromatic nitrogens is 4. The number of nitrogens with zero attached hydrogens (tertiary/aromatic N) is 9. The highest BCUT2D eigenvalue weighted by Crippen LogP contribution is 2.46. The number of piperazine rings is 1. The van der Waals surface area contributed by atoms with Crippen molar-refractivity contribution in [3.8, 4) is 35.3 Å². The van der Waals surface area contributed by atoms with E-state index in [1.54, 1.807) is 4.90 Å². The Morgan fingerprint density at radius 3 is 0.965 bits per heavy atom. The molecule has 29 heteroatoms. The third kappa shape index (κ3) is 25.5. The van der Waals surface area contributed by atoms with Gasteiger partial charge in [-0.1, -0.05) is 116 Å². The minimum Gasteiger partial charge on any atom is -0.494 e. The highest BCUT2D eigenvalue weighted by Gasteiger charge is 2.42. The van der Waals surface area contributed by atoms with Crippen LogP contribution in [0.15, 0.2) is 170 Å². The van der Waals surface area contributed by atoms with Gasteiger partial charge in [-0.2, -0.15) is 0 Å². The number of benzene rings is 8. The molecule has 12 aromatic rings. The smallest absolute Gasteiger partial charge is 0.410 e. The number of halogens is 4. The van der Waals surface area contributed by atoms with Crippen molar-refractivity contribution in [3.05, 3.63) is 257 Å². The van der Waals surface area contributed by atoms with Gasteiger partial charge in [0.05, 0.1) is 46.2 Å². The fourth-order valence-electron chi connectivity index (χ4n) is 21.7. The molecule has 8 aliphatic heterocycles. The lowest BCUT2D eigenvalue weighted by Gasteiger charge is -2.36. The van der Waals surface area contributed by atoms with E-state index < -0.39 is 0 Å². The summed E-state index contributed by atoms with van der Waals surface area (Å²) in [5.41, 5.74) is 16.9. The Labute approximate surface area is 860 Å². The summed E-state index contributed by atoms with van der Waals surface area (Å²) < 4.78 is 46.5. The van der Waals surface area contributed by atoms with Crippen LogP contribution in [0.3, 0.4) is 0 Å². The number of fused-ring (bicyclic) bond motifs is 12. The maximum absolute atomic E-state index is 13.3. The number of carbonyl (C=O) groups is 4. The second-order valence-corrected chi connectivity index (χ2v) is 42.4. The first-order valence-corrected chi connectivity index (χ1v) is 52.5. The van der Waals surface area contributed by atoms with Crippen LogP contribution in [0.5, 0.6) is 23.0 Å². The molecule has 4 saturated heterocycles. The predicted molar refractivity (Wildman–Crippen MR) is 569 cm³/mol. The van der Waals surface area contributed by atoms with E-state index in [4.69, 9.17) is 90.7 Å². The molecule has 0 radical (unpaired) electrons. The number of nitrogens with one attached hydrogen (secondary N) is 4. The Morgan fingerprint density at radius 2 is 0.671 bits per heavy atom. The zero-order chi connectivity index (χ0) is 100.0. The normalized spacial score (nSPS) is 20.1. The molecule has 25 nitrogen and oxygen atoms in total. The van der Waals surface area contributed by atoms with Gasteiger partial charge in [-0.25, -0.2) is 19.2 Å². The Balaban J connectivity index is 0.000000131. The molecule has 4 amide bonds. The van der Waals surface area contributed by atoms with Crippen LogP contribution in [0.4, 0.5) is 19.2 Å². The topological polar surface area (TPSA) is 234 Å². The molecule has 12 heterocycles. The SMILES string of the molecule is C#CCCOC(=O)N1CCc2c([nH]c3ccc(Cl)cc23)C1c1ccc(OCC2CCCN(C)C2)cc1.CCOC(=O)N1CCc2c([nH]c3ccc(Cl)cc23)C1c1ccc(OCC2CCCN(C)C2)cc1.CCOC(=O)N1CCc2c([nH]c3ccc(Cl)cc23)C1c1ccc(OCCCN2CCN(C)CC2)cc1.CN1CCCC(COc2ccc(C3c4[nH]c5ccc(Cl)cc5c4CCN3C(=O)OCC(C)(C)C)cc2)C1. The van der Waals surface area contributed by atoms with Crippen molar-refractivity contribution < 1.29 is 57.1 Å². The van der Waals surface area contributed by atoms with Crippen molar-refractivity contribution in [3.63, 3.8) is 0 Å². The van der Waals surface area contributed by atoms with Gasteiger partial charge in [-0.3, -0.25) is 19.6 Å². The fourth-order valence-corrected chi connectivity index (χ4v) is 22.4. The molecule has 143 heavy (non-hydrogen) atoms. The number of aromatic amines is 4. The summed E-state index contributed by atoms with van der Waals surface area (Å²) in [4.78, 5) is 85.7. The Bertz CT molecular complexity index is 6390. The molecule has 0 bridgehead atoms. The number of terminal acetylenes is 1. The lowest BCUT2D eigenvalue weighted by molar-refractivity contribution is 0.0621. The van der Waals surface area contributed by atoms with Gasteiger partial charge < -0.3 is 82.3 Å². The summed E-state index contributed by atoms with van der Waals surface area (Å²) in [5.74, 6) is 7.61. The van der Waals surface area contributed by atoms with Gasteiger partial charge in [0.2, 0.25) is 0 Å². The highest BCUT2D eigenvalue weighted by atomic mass is 35.5. The zero-order valence-electron chi connectivity index (χ0n) is 84.0. The van der Waals surface area contributed by atoms with E-state index in [0.717, 1.165) is 209 Å². The van der Waals surface area contributed by atoms with Gasteiger partial charge in [-0.15, -0.1) is 12.3 Å². The van der Waals surface area contributed by atoms with Crippen molar-refractivity contribution in [2.45, 2.75) is 136 Å². The number of hydrogen-bond donors (Lipinski definition) is 4. The molecule has 8 aromatic carbocycles. The zero-order valence-corrected chi connectivity index (χ0v) is 87.0. The van der Waals surface area contributed by atoms with Gasteiger partial charge in [0.15, 0.2) is 0 Å². The van der Waals surface area contributed by atoms with E-state index in [0.29, 0.717) is 110 Å². The summed E-state index contributed by atoms with van der Waals surface area (Å²) in [6.45, 7) is 28.6. The molecular weight excluding hydrogens is 1890 g/mol. The van der Waals surface area contributed by atoms with Crippen molar-refractivity contribution >= 4 is 114 Å². The Hall–Kier alpha value is -11.3. The van der Waals surface area contributed by atoms with E-state index in [-0.39, 0.29) is 60.6 Å². The minimum atomic E-state index is -0.362. The van der Waals surface area contributed by atoms with E-state index in [1.807, 2.05) is 162 Å². The minimum absolute atomic E-state index is 0.101. The molecule has 4 aromatic heterocycles. The molecule has 7 unspecified atom stereocenters. The second-order valence-electron chi connectivity index (χ2n) is 40.7. The third-order valence-electron chi connectivity index (χ3n) is 28.8. The van der Waals surface area contributed by atoms with Crippen molar-refractivity contribution in [2.24, 2.45) is 23.2 Å². The number of likely N-dealkylation sites (tertiary alicyclic amines) is 3. The van der Waals surface area contributed by atoms with Crippen LogP contribution in [0, 0.1) is 35.5 Å².